The SMILES string of the molecule is Cc1cc(O)c(C2c3ccccc3Oc3cc(C)oc(=O)c32)c(=O)o1. The molecule has 2 aromatic heterocycles. The van der Waals surface area contributed by atoms with Gasteiger partial charge in [0.2, 0.25) is 0 Å². The smallest absolute Gasteiger partial charge is 0.343 e. The summed E-state index contributed by atoms with van der Waals surface area (Å²) in [7, 11) is 0. The van der Waals surface area contributed by atoms with Gasteiger partial charge in [-0.25, -0.2) is 9.59 Å². The number of aryl methyl sites for hydroxylation is 2. The van der Waals surface area contributed by atoms with Crippen molar-refractivity contribution in [2.45, 2.75) is 19.8 Å². The van der Waals surface area contributed by atoms with Crippen molar-refractivity contribution >= 4 is 0 Å². The molecule has 0 aliphatic carbocycles. The van der Waals surface area contributed by atoms with Crippen molar-refractivity contribution in [3.63, 3.8) is 0 Å². The zero-order valence-corrected chi connectivity index (χ0v) is 13.5. The van der Waals surface area contributed by atoms with Crippen molar-refractivity contribution < 1.29 is 18.7 Å². The minimum absolute atomic E-state index is 0.0150. The molecule has 25 heavy (non-hydrogen) atoms. The minimum Gasteiger partial charge on any atom is -0.507 e. The summed E-state index contributed by atoms with van der Waals surface area (Å²) in [6.45, 7) is 3.20. The molecule has 6 nitrogen and oxygen atoms in total. The van der Waals surface area contributed by atoms with E-state index in [9.17, 15) is 14.7 Å². The van der Waals surface area contributed by atoms with Crippen LogP contribution in [0.2, 0.25) is 0 Å². The lowest BCUT2D eigenvalue weighted by Gasteiger charge is -2.27. The van der Waals surface area contributed by atoms with Gasteiger partial charge >= 0.3 is 11.3 Å². The summed E-state index contributed by atoms with van der Waals surface area (Å²) in [6, 6.07) is 9.97. The van der Waals surface area contributed by atoms with Gasteiger partial charge in [0, 0.05) is 17.7 Å². The van der Waals surface area contributed by atoms with Gasteiger partial charge in [0.1, 0.15) is 28.8 Å². The molecule has 1 aliphatic heterocycles. The Labute approximate surface area is 141 Å². The Kier molecular flexibility index (Phi) is 3.28. The van der Waals surface area contributed by atoms with E-state index < -0.39 is 17.2 Å². The highest BCUT2D eigenvalue weighted by Crippen LogP contribution is 2.46. The Morgan fingerprint density at radius 2 is 1.52 bits per heavy atom. The lowest BCUT2D eigenvalue weighted by Crippen LogP contribution is -2.24. The van der Waals surface area contributed by atoms with Crippen molar-refractivity contribution in [3.05, 3.63) is 85.4 Å². The van der Waals surface area contributed by atoms with E-state index in [0.717, 1.165) is 0 Å². The number of rotatable bonds is 1. The van der Waals surface area contributed by atoms with Gasteiger partial charge in [0.25, 0.3) is 0 Å². The first-order valence-electron chi connectivity index (χ1n) is 7.70. The molecule has 126 valence electrons. The van der Waals surface area contributed by atoms with E-state index in [2.05, 4.69) is 0 Å². The summed E-state index contributed by atoms with van der Waals surface area (Å²) in [4.78, 5) is 25.0. The Morgan fingerprint density at radius 3 is 2.24 bits per heavy atom. The summed E-state index contributed by atoms with van der Waals surface area (Å²) in [5.74, 6) is 0.404. The van der Waals surface area contributed by atoms with Gasteiger partial charge in [0.05, 0.1) is 17.0 Å². The number of hydrogen-bond donors (Lipinski definition) is 1. The number of aromatic hydroxyl groups is 1. The van der Waals surface area contributed by atoms with Crippen LogP contribution < -0.4 is 16.0 Å². The second-order valence-electron chi connectivity index (χ2n) is 5.94. The lowest BCUT2D eigenvalue weighted by molar-refractivity contribution is 0.395. The van der Waals surface area contributed by atoms with Crippen LogP contribution in [-0.2, 0) is 0 Å². The first kappa shape index (κ1) is 15.3. The van der Waals surface area contributed by atoms with Crippen LogP contribution in [-0.4, -0.2) is 5.11 Å². The third kappa shape index (κ3) is 2.34. The number of fused-ring (bicyclic) bond motifs is 2. The molecule has 0 amide bonds. The van der Waals surface area contributed by atoms with E-state index >= 15 is 0 Å². The number of hydrogen-bond acceptors (Lipinski definition) is 6. The van der Waals surface area contributed by atoms with Crippen LogP contribution in [0.4, 0.5) is 0 Å². The predicted octanol–water partition coefficient (Wildman–Crippen LogP) is 3.20. The summed E-state index contributed by atoms with van der Waals surface area (Å²) >= 11 is 0. The highest BCUT2D eigenvalue weighted by Gasteiger charge is 2.36. The molecule has 1 N–H and O–H groups in total. The van der Waals surface area contributed by atoms with Gasteiger partial charge in [-0.3, -0.25) is 0 Å². The van der Waals surface area contributed by atoms with E-state index in [1.165, 1.54) is 6.07 Å². The van der Waals surface area contributed by atoms with Crippen molar-refractivity contribution in [3.8, 4) is 17.2 Å². The summed E-state index contributed by atoms with van der Waals surface area (Å²) in [5, 5.41) is 10.4. The lowest BCUT2D eigenvalue weighted by atomic mass is 9.83. The number of ether oxygens (including phenoxy) is 1. The van der Waals surface area contributed by atoms with Crippen molar-refractivity contribution in [2.24, 2.45) is 0 Å². The molecule has 3 heterocycles. The maximum atomic E-state index is 12.5. The Morgan fingerprint density at radius 1 is 0.880 bits per heavy atom. The quantitative estimate of drug-likeness (QED) is 0.573. The third-order valence-electron chi connectivity index (χ3n) is 4.19. The van der Waals surface area contributed by atoms with Crippen LogP contribution in [0.15, 0.2) is 54.8 Å². The first-order chi connectivity index (χ1) is 12.0. The molecular weight excluding hydrogens is 324 g/mol. The van der Waals surface area contributed by atoms with E-state index in [-0.39, 0.29) is 22.6 Å². The minimum atomic E-state index is -0.839. The molecule has 0 saturated carbocycles. The molecule has 4 rings (SSSR count). The largest absolute Gasteiger partial charge is 0.507 e. The average molecular weight is 338 g/mol. The van der Waals surface area contributed by atoms with Crippen LogP contribution in [0.3, 0.4) is 0 Å². The van der Waals surface area contributed by atoms with E-state index in [1.54, 1.807) is 44.2 Å². The van der Waals surface area contributed by atoms with Crippen LogP contribution in [0.5, 0.6) is 17.2 Å². The average Bonchev–Trinajstić information content (AvgIpc) is 2.52. The fourth-order valence-electron chi connectivity index (χ4n) is 3.20. The molecule has 3 aromatic rings. The molecule has 0 bridgehead atoms. The van der Waals surface area contributed by atoms with E-state index in [1.807, 2.05) is 0 Å². The summed E-state index contributed by atoms with van der Waals surface area (Å²) in [5.41, 5.74) is -0.592. The van der Waals surface area contributed by atoms with Crippen molar-refractivity contribution in [1.82, 2.24) is 0 Å². The fraction of sp³-hybridized carbons (Fsp3) is 0.158. The van der Waals surface area contributed by atoms with Crippen LogP contribution in [0.1, 0.15) is 34.1 Å². The maximum Gasteiger partial charge on any atom is 0.343 e. The van der Waals surface area contributed by atoms with Gasteiger partial charge < -0.3 is 18.7 Å². The van der Waals surface area contributed by atoms with E-state index in [0.29, 0.717) is 22.8 Å². The summed E-state index contributed by atoms with van der Waals surface area (Å²) in [6.07, 6.45) is 0. The van der Waals surface area contributed by atoms with Gasteiger partial charge in [-0.2, -0.15) is 0 Å². The normalized spacial score (nSPS) is 15.2. The maximum absolute atomic E-state index is 12.5. The fourth-order valence-corrected chi connectivity index (χ4v) is 3.20. The molecule has 0 fully saturated rings. The second kappa shape index (κ2) is 5.37. The molecular formula is C19H14O6. The zero-order valence-electron chi connectivity index (χ0n) is 13.5. The van der Waals surface area contributed by atoms with Gasteiger partial charge in [0.15, 0.2) is 0 Å². The number of benzene rings is 1. The Bertz CT molecular complexity index is 1080. The predicted molar refractivity (Wildman–Crippen MR) is 88.6 cm³/mol. The van der Waals surface area contributed by atoms with Gasteiger partial charge in [-0.1, -0.05) is 18.2 Å². The van der Waals surface area contributed by atoms with Gasteiger partial charge in [-0.05, 0) is 19.9 Å². The standard InChI is InChI=1S/C19H14O6/c1-9-7-12(20)16(18(21)23-9)15-11-5-3-4-6-13(11)25-14-8-10(2)24-19(22)17(14)15/h3-8,15,20H,1-2H3. The highest BCUT2D eigenvalue weighted by molar-refractivity contribution is 5.59. The van der Waals surface area contributed by atoms with Gasteiger partial charge in [-0.15, -0.1) is 0 Å². The van der Waals surface area contributed by atoms with Crippen LogP contribution in [0.25, 0.3) is 0 Å². The molecule has 1 unspecified atom stereocenters. The molecule has 0 spiro atoms. The Hall–Kier alpha value is -3.28. The Balaban J connectivity index is 2.10. The van der Waals surface area contributed by atoms with Crippen LogP contribution in [0, 0.1) is 13.8 Å². The van der Waals surface area contributed by atoms with Crippen LogP contribution >= 0.6 is 0 Å². The zero-order chi connectivity index (χ0) is 17.7. The molecule has 0 saturated heterocycles. The molecule has 1 aromatic carbocycles. The third-order valence-corrected chi connectivity index (χ3v) is 4.19. The number of para-hydroxylation sites is 1. The monoisotopic (exact) mass is 338 g/mol. The highest BCUT2D eigenvalue weighted by atomic mass is 16.5. The molecule has 1 atom stereocenters. The van der Waals surface area contributed by atoms with Crippen molar-refractivity contribution in [1.29, 1.82) is 0 Å². The molecule has 6 heteroatoms. The molecule has 1 aliphatic rings. The molecule has 0 radical (unpaired) electrons. The second-order valence-corrected chi connectivity index (χ2v) is 5.94. The summed E-state index contributed by atoms with van der Waals surface area (Å²) < 4.78 is 16.2. The topological polar surface area (TPSA) is 89.9 Å². The van der Waals surface area contributed by atoms with Crippen molar-refractivity contribution in [2.75, 3.05) is 0 Å². The first-order valence-corrected chi connectivity index (χ1v) is 7.70. The van der Waals surface area contributed by atoms with E-state index in [4.69, 9.17) is 13.6 Å².